The van der Waals surface area contributed by atoms with Crippen molar-refractivity contribution in [3.8, 4) is 0 Å². The average Bonchev–Trinajstić information content (AvgIpc) is 2.36. The van der Waals surface area contributed by atoms with Crippen LogP contribution in [-0.2, 0) is 14.8 Å². The predicted molar refractivity (Wildman–Crippen MR) is 73.3 cm³/mol. The lowest BCUT2D eigenvalue weighted by molar-refractivity contribution is -0.0248. The van der Waals surface area contributed by atoms with Crippen LogP contribution in [0.3, 0.4) is 0 Å². The Morgan fingerprint density at radius 1 is 1.42 bits per heavy atom. The number of rotatable bonds is 5. The summed E-state index contributed by atoms with van der Waals surface area (Å²) in [5, 5.41) is 0. The molecule has 19 heavy (non-hydrogen) atoms. The van der Waals surface area contributed by atoms with Gasteiger partial charge in [0.25, 0.3) is 0 Å². The van der Waals surface area contributed by atoms with Crippen LogP contribution in [-0.4, -0.2) is 33.2 Å². The van der Waals surface area contributed by atoms with E-state index >= 15 is 0 Å². The lowest BCUT2D eigenvalue weighted by atomic mass is 9.84. The molecule has 1 aliphatic rings. The molecule has 1 aromatic rings. The molecule has 6 heteroatoms. The normalized spacial score (nSPS) is 27.0. The molecule has 5 nitrogen and oxygen atoms in total. The highest BCUT2D eigenvalue weighted by molar-refractivity contribution is 7.89. The molecule has 0 heterocycles. The summed E-state index contributed by atoms with van der Waals surface area (Å²) in [6.45, 7) is 4.21. The van der Waals surface area contributed by atoms with E-state index in [-0.39, 0.29) is 18.2 Å². The fraction of sp³-hybridized carbons (Fsp3) is 0.538. The van der Waals surface area contributed by atoms with Crippen LogP contribution in [0.4, 0.5) is 0 Å². The van der Waals surface area contributed by atoms with Crippen molar-refractivity contribution >= 4 is 10.0 Å². The summed E-state index contributed by atoms with van der Waals surface area (Å²) in [6, 6.07) is 6.36. The molecule has 1 saturated carbocycles. The van der Waals surface area contributed by atoms with E-state index in [0.29, 0.717) is 17.9 Å². The zero-order valence-electron chi connectivity index (χ0n) is 11.2. The molecule has 1 fully saturated rings. The lowest BCUT2D eigenvalue weighted by Crippen LogP contribution is -2.64. The molecular weight excluding hydrogens is 264 g/mol. The SMILES string of the molecule is CCOC1CC(N)C1NS(=O)(=O)c1ccccc1C. The van der Waals surface area contributed by atoms with Gasteiger partial charge in [0.2, 0.25) is 10.0 Å². The fourth-order valence-electron chi connectivity index (χ4n) is 2.29. The Balaban J connectivity index is 2.16. The summed E-state index contributed by atoms with van der Waals surface area (Å²) in [4.78, 5) is 0.296. The Bertz CT molecular complexity index is 543. The standard InChI is InChI=1S/C13H20N2O3S/c1-3-18-11-8-10(14)13(11)15-19(16,17)12-7-5-4-6-9(12)2/h4-7,10-11,13,15H,3,8,14H2,1-2H3. The Morgan fingerprint density at radius 3 is 2.68 bits per heavy atom. The second-order valence-electron chi connectivity index (χ2n) is 4.81. The van der Waals surface area contributed by atoms with Crippen molar-refractivity contribution in [2.45, 2.75) is 43.4 Å². The third-order valence-electron chi connectivity index (χ3n) is 3.42. The van der Waals surface area contributed by atoms with E-state index in [1.165, 1.54) is 0 Å². The number of aryl methyl sites for hydroxylation is 1. The summed E-state index contributed by atoms with van der Waals surface area (Å²) in [5.41, 5.74) is 6.58. The highest BCUT2D eigenvalue weighted by Crippen LogP contribution is 2.25. The molecule has 106 valence electrons. The van der Waals surface area contributed by atoms with Crippen molar-refractivity contribution in [1.29, 1.82) is 0 Å². The minimum atomic E-state index is -3.55. The molecule has 3 N–H and O–H groups in total. The number of hydrogen-bond acceptors (Lipinski definition) is 4. The third kappa shape index (κ3) is 2.97. The van der Waals surface area contributed by atoms with Gasteiger partial charge in [0, 0.05) is 12.6 Å². The van der Waals surface area contributed by atoms with Crippen molar-refractivity contribution in [2.75, 3.05) is 6.61 Å². The van der Waals surface area contributed by atoms with Crippen molar-refractivity contribution in [3.05, 3.63) is 29.8 Å². The predicted octanol–water partition coefficient (Wildman–Crippen LogP) is 0.778. The molecule has 3 atom stereocenters. The van der Waals surface area contributed by atoms with Gasteiger partial charge in [-0.1, -0.05) is 18.2 Å². The zero-order chi connectivity index (χ0) is 14.0. The molecule has 0 aromatic heterocycles. The van der Waals surface area contributed by atoms with Crippen LogP contribution in [0.15, 0.2) is 29.2 Å². The second-order valence-corrected chi connectivity index (χ2v) is 6.49. The summed E-state index contributed by atoms with van der Waals surface area (Å²) < 4.78 is 32.8. The molecule has 3 unspecified atom stereocenters. The van der Waals surface area contributed by atoms with Gasteiger partial charge in [-0.05, 0) is 31.9 Å². The summed E-state index contributed by atoms with van der Waals surface area (Å²) >= 11 is 0. The van der Waals surface area contributed by atoms with Gasteiger partial charge in [0.1, 0.15) is 0 Å². The Kier molecular flexibility index (Phi) is 4.25. The second kappa shape index (κ2) is 5.58. The molecule has 0 saturated heterocycles. The van der Waals surface area contributed by atoms with Gasteiger partial charge in [-0.15, -0.1) is 0 Å². The minimum absolute atomic E-state index is 0.126. The van der Waals surface area contributed by atoms with Gasteiger partial charge in [0.05, 0.1) is 17.0 Å². The first-order chi connectivity index (χ1) is 8.95. The largest absolute Gasteiger partial charge is 0.377 e. The molecule has 1 aromatic carbocycles. The first-order valence-corrected chi connectivity index (χ1v) is 7.89. The molecule has 0 spiro atoms. The van der Waals surface area contributed by atoms with Crippen molar-refractivity contribution < 1.29 is 13.2 Å². The lowest BCUT2D eigenvalue weighted by Gasteiger charge is -2.42. The Hall–Kier alpha value is -0.950. The summed E-state index contributed by atoms with van der Waals surface area (Å²) in [7, 11) is -3.55. The molecule has 1 aliphatic carbocycles. The van der Waals surface area contributed by atoms with Crippen LogP contribution in [0, 0.1) is 6.92 Å². The maximum absolute atomic E-state index is 12.3. The number of nitrogens with one attached hydrogen (secondary N) is 1. The topological polar surface area (TPSA) is 81.4 Å². The van der Waals surface area contributed by atoms with Crippen LogP contribution >= 0.6 is 0 Å². The molecule has 0 aliphatic heterocycles. The first kappa shape index (κ1) is 14.5. The van der Waals surface area contributed by atoms with E-state index in [9.17, 15) is 8.42 Å². The van der Waals surface area contributed by atoms with Gasteiger partial charge in [-0.25, -0.2) is 13.1 Å². The van der Waals surface area contributed by atoms with Crippen LogP contribution in [0.2, 0.25) is 0 Å². The van der Waals surface area contributed by atoms with Crippen LogP contribution < -0.4 is 10.5 Å². The third-order valence-corrected chi connectivity index (χ3v) is 5.04. The van der Waals surface area contributed by atoms with Crippen LogP contribution in [0.25, 0.3) is 0 Å². The Morgan fingerprint density at radius 2 is 2.11 bits per heavy atom. The monoisotopic (exact) mass is 284 g/mol. The Labute approximate surface area is 114 Å². The zero-order valence-corrected chi connectivity index (χ0v) is 12.0. The van der Waals surface area contributed by atoms with E-state index < -0.39 is 10.0 Å². The molecule has 0 amide bonds. The van der Waals surface area contributed by atoms with Crippen molar-refractivity contribution in [2.24, 2.45) is 5.73 Å². The van der Waals surface area contributed by atoms with Crippen LogP contribution in [0.5, 0.6) is 0 Å². The molecule has 0 bridgehead atoms. The van der Waals surface area contributed by atoms with E-state index in [2.05, 4.69) is 4.72 Å². The number of benzene rings is 1. The molecule has 0 radical (unpaired) electrons. The molecular formula is C13H20N2O3S. The highest BCUT2D eigenvalue weighted by atomic mass is 32.2. The number of hydrogen-bond donors (Lipinski definition) is 2. The quantitative estimate of drug-likeness (QED) is 0.837. The van der Waals surface area contributed by atoms with Crippen molar-refractivity contribution in [3.63, 3.8) is 0 Å². The van der Waals surface area contributed by atoms with Gasteiger partial charge in [-0.3, -0.25) is 0 Å². The summed E-state index contributed by atoms with van der Waals surface area (Å²) in [5.74, 6) is 0. The number of sulfonamides is 1. The average molecular weight is 284 g/mol. The van der Waals surface area contributed by atoms with E-state index in [4.69, 9.17) is 10.5 Å². The van der Waals surface area contributed by atoms with Gasteiger partial charge >= 0.3 is 0 Å². The van der Waals surface area contributed by atoms with Crippen LogP contribution in [0.1, 0.15) is 18.9 Å². The van der Waals surface area contributed by atoms with Gasteiger partial charge in [0.15, 0.2) is 0 Å². The number of nitrogens with two attached hydrogens (primary N) is 1. The molecule has 2 rings (SSSR count). The maximum Gasteiger partial charge on any atom is 0.241 e. The van der Waals surface area contributed by atoms with Gasteiger partial charge in [-0.2, -0.15) is 0 Å². The summed E-state index contributed by atoms with van der Waals surface area (Å²) in [6.07, 6.45) is 0.563. The smallest absolute Gasteiger partial charge is 0.241 e. The van der Waals surface area contributed by atoms with E-state index in [1.54, 1.807) is 25.1 Å². The number of ether oxygens (including phenoxy) is 1. The first-order valence-electron chi connectivity index (χ1n) is 6.41. The minimum Gasteiger partial charge on any atom is -0.377 e. The van der Waals surface area contributed by atoms with E-state index in [0.717, 1.165) is 5.56 Å². The van der Waals surface area contributed by atoms with Gasteiger partial charge < -0.3 is 10.5 Å². The fourth-order valence-corrected chi connectivity index (χ4v) is 3.85. The highest BCUT2D eigenvalue weighted by Gasteiger charge is 2.42. The van der Waals surface area contributed by atoms with E-state index in [1.807, 2.05) is 13.0 Å². The van der Waals surface area contributed by atoms with Crippen molar-refractivity contribution in [1.82, 2.24) is 4.72 Å². The maximum atomic E-state index is 12.3.